The molecule has 2 amide bonds. The first-order valence-corrected chi connectivity index (χ1v) is 14.4. The molecule has 1 unspecified atom stereocenters. The van der Waals surface area contributed by atoms with E-state index in [-0.39, 0.29) is 29.0 Å². The number of hydrogen-bond acceptors (Lipinski definition) is 4. The van der Waals surface area contributed by atoms with Crippen molar-refractivity contribution in [2.45, 2.75) is 38.3 Å². The smallest absolute Gasteiger partial charge is 0.264 e. The van der Waals surface area contributed by atoms with Gasteiger partial charge in [0.05, 0.1) is 10.6 Å². The second-order valence-electron chi connectivity index (χ2n) is 9.24. The van der Waals surface area contributed by atoms with Crippen molar-refractivity contribution in [3.05, 3.63) is 94.7 Å². The number of nitrogens with zero attached hydrogens (tertiary/aromatic N) is 2. The van der Waals surface area contributed by atoms with E-state index in [9.17, 15) is 22.4 Å². The fraction of sp³-hybridized carbons (Fsp3) is 0.286. The SMILES string of the molecule is CC(C)CNC(=O)C(C)N(Cc1cccc(Br)c1)C(=O)CN(c1ccccc1F)S(=O)(=O)c1ccccc1. The lowest BCUT2D eigenvalue weighted by atomic mass is 10.1. The first-order valence-electron chi connectivity index (χ1n) is 12.1. The van der Waals surface area contributed by atoms with E-state index < -0.39 is 34.3 Å². The molecule has 0 fully saturated rings. The summed E-state index contributed by atoms with van der Waals surface area (Å²) in [4.78, 5) is 28.0. The Hall–Kier alpha value is -3.24. The molecule has 3 aromatic carbocycles. The van der Waals surface area contributed by atoms with Gasteiger partial charge < -0.3 is 10.2 Å². The predicted molar refractivity (Wildman–Crippen MR) is 149 cm³/mol. The number of rotatable bonds is 11. The lowest BCUT2D eigenvalue weighted by Crippen LogP contribution is -2.51. The average molecular weight is 605 g/mol. The molecule has 0 radical (unpaired) electrons. The van der Waals surface area contributed by atoms with Crippen LogP contribution in [0.3, 0.4) is 0 Å². The predicted octanol–water partition coefficient (Wildman–Crippen LogP) is 4.97. The fourth-order valence-electron chi connectivity index (χ4n) is 3.75. The minimum atomic E-state index is -4.31. The third-order valence-electron chi connectivity index (χ3n) is 5.83. The summed E-state index contributed by atoms with van der Waals surface area (Å²) in [6.45, 7) is 5.27. The van der Waals surface area contributed by atoms with Gasteiger partial charge in [-0.3, -0.25) is 13.9 Å². The van der Waals surface area contributed by atoms with Gasteiger partial charge in [-0.15, -0.1) is 0 Å². The van der Waals surface area contributed by atoms with Gasteiger partial charge in [0.15, 0.2) is 0 Å². The Bertz CT molecular complexity index is 1370. The number of carbonyl (C=O) groups is 2. The molecule has 202 valence electrons. The van der Waals surface area contributed by atoms with E-state index in [0.29, 0.717) is 6.54 Å². The zero-order chi connectivity index (χ0) is 27.9. The number of amides is 2. The summed E-state index contributed by atoms with van der Waals surface area (Å²) in [6.07, 6.45) is 0. The highest BCUT2D eigenvalue weighted by Crippen LogP contribution is 2.27. The minimum Gasteiger partial charge on any atom is -0.354 e. The molecule has 0 spiro atoms. The molecule has 0 heterocycles. The number of nitrogens with one attached hydrogen (secondary N) is 1. The van der Waals surface area contributed by atoms with Gasteiger partial charge in [-0.2, -0.15) is 0 Å². The van der Waals surface area contributed by atoms with Crippen LogP contribution in [0.25, 0.3) is 0 Å². The van der Waals surface area contributed by atoms with Crippen LogP contribution in [0.5, 0.6) is 0 Å². The fourth-order valence-corrected chi connectivity index (χ4v) is 5.64. The van der Waals surface area contributed by atoms with Crippen LogP contribution < -0.4 is 9.62 Å². The molecule has 10 heteroatoms. The maximum atomic E-state index is 14.9. The zero-order valence-corrected chi connectivity index (χ0v) is 23.9. The molecule has 0 saturated heterocycles. The molecular formula is C28H31BrFN3O4S. The third kappa shape index (κ3) is 7.41. The summed E-state index contributed by atoms with van der Waals surface area (Å²) in [5.74, 6) is -1.61. The standard InChI is InChI=1S/C28H31BrFN3O4S/c1-20(2)17-31-28(35)21(3)32(18-22-10-9-11-23(29)16-22)27(34)19-33(26-15-8-7-14-25(26)30)38(36,37)24-12-5-4-6-13-24/h4-16,20-21H,17-19H2,1-3H3,(H,31,35). The van der Waals surface area contributed by atoms with E-state index in [1.807, 2.05) is 26.0 Å². The summed E-state index contributed by atoms with van der Waals surface area (Å²) in [5.41, 5.74) is 0.476. The number of benzene rings is 3. The highest BCUT2D eigenvalue weighted by molar-refractivity contribution is 9.10. The van der Waals surface area contributed by atoms with Crippen LogP contribution in [0.4, 0.5) is 10.1 Å². The van der Waals surface area contributed by atoms with Crippen LogP contribution in [-0.4, -0.2) is 44.3 Å². The van der Waals surface area contributed by atoms with Crippen molar-refractivity contribution in [2.75, 3.05) is 17.4 Å². The number of para-hydroxylation sites is 1. The lowest BCUT2D eigenvalue weighted by Gasteiger charge is -2.32. The Morgan fingerprint density at radius 3 is 2.24 bits per heavy atom. The monoisotopic (exact) mass is 603 g/mol. The maximum absolute atomic E-state index is 14.9. The van der Waals surface area contributed by atoms with E-state index in [1.165, 1.54) is 35.2 Å². The molecule has 0 saturated carbocycles. The minimum absolute atomic E-state index is 0.0467. The van der Waals surface area contributed by atoms with Crippen molar-refractivity contribution in [2.24, 2.45) is 5.92 Å². The number of carbonyl (C=O) groups excluding carboxylic acids is 2. The van der Waals surface area contributed by atoms with Gasteiger partial charge in [0.25, 0.3) is 10.0 Å². The Labute approximate surface area is 231 Å². The molecule has 7 nitrogen and oxygen atoms in total. The molecule has 0 aliphatic carbocycles. The van der Waals surface area contributed by atoms with Gasteiger partial charge in [0.2, 0.25) is 11.8 Å². The maximum Gasteiger partial charge on any atom is 0.264 e. The van der Waals surface area contributed by atoms with Crippen LogP contribution in [-0.2, 0) is 26.2 Å². The van der Waals surface area contributed by atoms with E-state index in [4.69, 9.17) is 0 Å². The summed E-state index contributed by atoms with van der Waals surface area (Å²) < 4.78 is 43.7. The van der Waals surface area contributed by atoms with Crippen molar-refractivity contribution in [3.8, 4) is 0 Å². The van der Waals surface area contributed by atoms with Crippen LogP contribution in [0, 0.1) is 11.7 Å². The van der Waals surface area contributed by atoms with Crippen LogP contribution in [0.15, 0.2) is 88.2 Å². The molecule has 38 heavy (non-hydrogen) atoms. The molecule has 3 aromatic rings. The van der Waals surface area contributed by atoms with Gasteiger partial charge in [0, 0.05) is 17.6 Å². The van der Waals surface area contributed by atoms with Gasteiger partial charge >= 0.3 is 0 Å². The van der Waals surface area contributed by atoms with Crippen molar-refractivity contribution in [3.63, 3.8) is 0 Å². The van der Waals surface area contributed by atoms with Crippen LogP contribution >= 0.6 is 15.9 Å². The molecular weight excluding hydrogens is 573 g/mol. The number of hydrogen-bond donors (Lipinski definition) is 1. The number of anilines is 1. The average Bonchev–Trinajstić information content (AvgIpc) is 2.89. The Morgan fingerprint density at radius 2 is 1.61 bits per heavy atom. The van der Waals surface area contributed by atoms with Crippen molar-refractivity contribution >= 4 is 43.5 Å². The molecule has 1 N–H and O–H groups in total. The highest BCUT2D eigenvalue weighted by Gasteiger charge is 2.33. The first-order chi connectivity index (χ1) is 18.0. The quantitative estimate of drug-likeness (QED) is 0.335. The third-order valence-corrected chi connectivity index (χ3v) is 8.09. The van der Waals surface area contributed by atoms with Crippen molar-refractivity contribution in [1.82, 2.24) is 10.2 Å². The van der Waals surface area contributed by atoms with E-state index >= 15 is 0 Å². The Kier molecular flexibility index (Phi) is 10.0. The zero-order valence-electron chi connectivity index (χ0n) is 21.5. The summed E-state index contributed by atoms with van der Waals surface area (Å²) in [6, 6.07) is 19.2. The van der Waals surface area contributed by atoms with Gasteiger partial charge in [-0.25, -0.2) is 12.8 Å². The Morgan fingerprint density at radius 1 is 0.947 bits per heavy atom. The van der Waals surface area contributed by atoms with E-state index in [2.05, 4.69) is 21.2 Å². The van der Waals surface area contributed by atoms with E-state index in [1.54, 1.807) is 37.3 Å². The topological polar surface area (TPSA) is 86.8 Å². The van der Waals surface area contributed by atoms with Gasteiger partial charge in [-0.05, 0) is 54.8 Å². The normalized spacial score (nSPS) is 12.2. The summed E-state index contributed by atoms with van der Waals surface area (Å²) >= 11 is 3.41. The molecule has 1 atom stereocenters. The second kappa shape index (κ2) is 13.0. The van der Waals surface area contributed by atoms with Crippen LogP contribution in [0.1, 0.15) is 26.3 Å². The van der Waals surface area contributed by atoms with E-state index in [0.717, 1.165) is 20.4 Å². The first kappa shape index (κ1) is 29.3. The van der Waals surface area contributed by atoms with Crippen molar-refractivity contribution in [1.29, 1.82) is 0 Å². The molecule has 0 aromatic heterocycles. The van der Waals surface area contributed by atoms with Gasteiger partial charge in [-0.1, -0.05) is 72.2 Å². The number of sulfonamides is 1. The highest BCUT2D eigenvalue weighted by atomic mass is 79.9. The molecule has 3 rings (SSSR count). The molecule has 0 aliphatic rings. The Balaban J connectivity index is 2.01. The number of halogens is 2. The van der Waals surface area contributed by atoms with Crippen LogP contribution in [0.2, 0.25) is 0 Å². The molecule has 0 aliphatic heterocycles. The second-order valence-corrected chi connectivity index (χ2v) is 12.0. The van der Waals surface area contributed by atoms with Gasteiger partial charge in [0.1, 0.15) is 18.4 Å². The van der Waals surface area contributed by atoms with Crippen molar-refractivity contribution < 1.29 is 22.4 Å². The largest absolute Gasteiger partial charge is 0.354 e. The summed E-state index contributed by atoms with van der Waals surface area (Å²) in [5, 5.41) is 2.83. The summed E-state index contributed by atoms with van der Waals surface area (Å²) in [7, 11) is -4.31. The molecule has 0 bridgehead atoms. The lowest BCUT2D eigenvalue weighted by molar-refractivity contribution is -0.139.